The first-order chi connectivity index (χ1) is 13.0. The van der Waals surface area contributed by atoms with Crippen molar-refractivity contribution in [2.24, 2.45) is 11.5 Å². The third-order valence-corrected chi connectivity index (χ3v) is 5.01. The van der Waals surface area contributed by atoms with Crippen molar-refractivity contribution < 1.29 is 4.79 Å². The number of rotatable bonds is 7. The number of nitrogens with one attached hydrogen (secondary N) is 2. The fraction of sp³-hybridized carbons (Fsp3) is 0.333. The Morgan fingerprint density at radius 2 is 1.89 bits per heavy atom. The summed E-state index contributed by atoms with van der Waals surface area (Å²) in [4.78, 5) is 14.7. The minimum atomic E-state index is -0.511. The van der Waals surface area contributed by atoms with Gasteiger partial charge in [-0.15, -0.1) is 0 Å². The predicted molar refractivity (Wildman–Crippen MR) is 109 cm³/mol. The van der Waals surface area contributed by atoms with Crippen LogP contribution in [-0.4, -0.2) is 41.8 Å². The van der Waals surface area contributed by atoms with Gasteiger partial charge >= 0.3 is 0 Å². The lowest BCUT2D eigenvalue weighted by molar-refractivity contribution is -0.133. The van der Waals surface area contributed by atoms with Crippen LogP contribution in [0.25, 0.3) is 0 Å². The van der Waals surface area contributed by atoms with Gasteiger partial charge < -0.3 is 21.7 Å². The summed E-state index contributed by atoms with van der Waals surface area (Å²) in [6, 6.07) is 17.0. The van der Waals surface area contributed by atoms with Gasteiger partial charge in [0.15, 0.2) is 0 Å². The molecule has 6 N–H and O–H groups in total. The van der Waals surface area contributed by atoms with Crippen LogP contribution in [0.4, 0.5) is 5.69 Å². The Morgan fingerprint density at radius 3 is 2.56 bits per heavy atom. The van der Waals surface area contributed by atoms with E-state index in [1.165, 1.54) is 0 Å². The number of nitrogens with zero attached hydrogens (tertiary/aromatic N) is 1. The van der Waals surface area contributed by atoms with Crippen LogP contribution in [-0.2, 0) is 11.2 Å². The van der Waals surface area contributed by atoms with E-state index in [1.807, 2.05) is 59.5 Å². The van der Waals surface area contributed by atoms with Gasteiger partial charge in [0, 0.05) is 30.4 Å². The monoisotopic (exact) mass is 365 g/mol. The van der Waals surface area contributed by atoms with E-state index >= 15 is 0 Å². The van der Waals surface area contributed by atoms with Crippen molar-refractivity contribution in [1.29, 1.82) is 5.41 Å². The smallest absolute Gasteiger partial charge is 0.240 e. The van der Waals surface area contributed by atoms with Gasteiger partial charge in [0.1, 0.15) is 5.84 Å². The molecule has 2 atom stereocenters. The Kier molecular flexibility index (Phi) is 6.08. The van der Waals surface area contributed by atoms with Gasteiger partial charge in [0.05, 0.1) is 6.04 Å². The molecule has 27 heavy (non-hydrogen) atoms. The SMILES string of the molecule is N=C(N)c1ccc(NC[C@@H]2CCCN2C(=O)[C@@H](N)Cc2ccccc2)cc1. The van der Waals surface area contributed by atoms with Crippen molar-refractivity contribution in [2.75, 3.05) is 18.4 Å². The molecule has 0 radical (unpaired) electrons. The standard InChI is InChI=1S/C21H27N5O/c22-19(13-15-5-2-1-3-6-15)21(27)26-12-4-7-18(26)14-25-17-10-8-16(9-11-17)20(23)24/h1-3,5-6,8-11,18-19,25H,4,7,12-14,22H2,(H3,23,24)/t18-,19-/m0/s1. The highest BCUT2D eigenvalue weighted by atomic mass is 16.2. The summed E-state index contributed by atoms with van der Waals surface area (Å²) in [5, 5.41) is 10.8. The Labute approximate surface area is 160 Å². The Balaban J connectivity index is 1.56. The van der Waals surface area contributed by atoms with E-state index < -0.39 is 6.04 Å². The average Bonchev–Trinajstić information content (AvgIpc) is 3.15. The molecule has 1 amide bonds. The van der Waals surface area contributed by atoms with Crippen molar-refractivity contribution in [1.82, 2.24) is 4.90 Å². The third-order valence-electron chi connectivity index (χ3n) is 5.01. The lowest BCUT2D eigenvalue weighted by Crippen LogP contribution is -2.48. The second kappa shape index (κ2) is 8.68. The Morgan fingerprint density at radius 1 is 1.19 bits per heavy atom. The molecule has 0 unspecified atom stereocenters. The second-order valence-corrected chi connectivity index (χ2v) is 7.00. The quantitative estimate of drug-likeness (QED) is 0.444. The Bertz CT molecular complexity index is 775. The molecule has 6 heteroatoms. The summed E-state index contributed by atoms with van der Waals surface area (Å²) in [5.74, 6) is 0.0802. The van der Waals surface area contributed by atoms with E-state index in [-0.39, 0.29) is 17.8 Å². The summed E-state index contributed by atoms with van der Waals surface area (Å²) in [5.41, 5.74) is 14.4. The lowest BCUT2D eigenvalue weighted by Gasteiger charge is -2.28. The van der Waals surface area contributed by atoms with Crippen molar-refractivity contribution in [3.63, 3.8) is 0 Å². The molecule has 0 saturated carbocycles. The first-order valence-electron chi connectivity index (χ1n) is 9.33. The van der Waals surface area contributed by atoms with E-state index in [2.05, 4.69) is 5.32 Å². The molecule has 0 aromatic heterocycles. The summed E-state index contributed by atoms with van der Waals surface area (Å²) >= 11 is 0. The van der Waals surface area contributed by atoms with Crippen molar-refractivity contribution in [3.05, 3.63) is 65.7 Å². The van der Waals surface area contributed by atoms with E-state index in [1.54, 1.807) is 0 Å². The molecule has 3 rings (SSSR count). The van der Waals surface area contributed by atoms with Gasteiger partial charge in [-0.1, -0.05) is 30.3 Å². The van der Waals surface area contributed by atoms with Gasteiger partial charge in [-0.25, -0.2) is 0 Å². The predicted octanol–water partition coefficient (Wildman–Crippen LogP) is 1.94. The van der Waals surface area contributed by atoms with Crippen LogP contribution in [0.3, 0.4) is 0 Å². The van der Waals surface area contributed by atoms with Gasteiger partial charge in [-0.3, -0.25) is 10.2 Å². The first kappa shape index (κ1) is 18.9. The molecule has 0 aliphatic carbocycles. The molecule has 1 aliphatic heterocycles. The van der Waals surface area contributed by atoms with E-state index in [9.17, 15) is 4.79 Å². The number of hydrogen-bond acceptors (Lipinski definition) is 4. The van der Waals surface area contributed by atoms with E-state index in [4.69, 9.17) is 16.9 Å². The van der Waals surface area contributed by atoms with E-state index in [0.717, 1.165) is 30.6 Å². The number of benzene rings is 2. The highest BCUT2D eigenvalue weighted by molar-refractivity contribution is 5.95. The largest absolute Gasteiger partial charge is 0.384 e. The fourth-order valence-corrected chi connectivity index (χ4v) is 3.51. The summed E-state index contributed by atoms with van der Waals surface area (Å²) in [6.07, 6.45) is 2.53. The van der Waals surface area contributed by atoms with Crippen LogP contribution >= 0.6 is 0 Å². The molecule has 1 saturated heterocycles. The third kappa shape index (κ3) is 4.86. The number of carbonyl (C=O) groups excluding carboxylic acids is 1. The molecule has 6 nitrogen and oxygen atoms in total. The van der Waals surface area contributed by atoms with Gasteiger partial charge in [-0.2, -0.15) is 0 Å². The lowest BCUT2D eigenvalue weighted by atomic mass is 10.1. The van der Waals surface area contributed by atoms with Crippen LogP contribution in [0.5, 0.6) is 0 Å². The summed E-state index contributed by atoms with van der Waals surface area (Å²) in [7, 11) is 0. The van der Waals surface area contributed by atoms with Crippen LogP contribution in [0, 0.1) is 5.41 Å². The normalized spacial score (nSPS) is 17.5. The maximum absolute atomic E-state index is 12.8. The molecule has 1 aliphatic rings. The maximum Gasteiger partial charge on any atom is 0.240 e. The fourth-order valence-electron chi connectivity index (χ4n) is 3.51. The van der Waals surface area contributed by atoms with Gasteiger partial charge in [0.2, 0.25) is 5.91 Å². The van der Waals surface area contributed by atoms with Crippen LogP contribution < -0.4 is 16.8 Å². The topological polar surface area (TPSA) is 108 Å². The van der Waals surface area contributed by atoms with Gasteiger partial charge in [0.25, 0.3) is 0 Å². The molecule has 1 fully saturated rings. The summed E-state index contributed by atoms with van der Waals surface area (Å²) in [6.45, 7) is 1.44. The number of likely N-dealkylation sites (tertiary alicyclic amines) is 1. The number of amides is 1. The molecule has 0 spiro atoms. The number of nitrogens with two attached hydrogens (primary N) is 2. The summed E-state index contributed by atoms with van der Waals surface area (Å²) < 4.78 is 0. The maximum atomic E-state index is 12.8. The highest BCUT2D eigenvalue weighted by Crippen LogP contribution is 2.20. The minimum Gasteiger partial charge on any atom is -0.384 e. The number of carbonyl (C=O) groups is 1. The molecule has 2 aromatic rings. The molecular weight excluding hydrogens is 338 g/mol. The number of nitrogen functional groups attached to an aromatic ring is 1. The molecule has 2 aromatic carbocycles. The van der Waals surface area contributed by atoms with Gasteiger partial charge in [-0.05, 0) is 49.1 Å². The number of hydrogen-bond donors (Lipinski definition) is 4. The minimum absolute atomic E-state index is 0.0232. The zero-order chi connectivity index (χ0) is 19.2. The average molecular weight is 365 g/mol. The van der Waals surface area contributed by atoms with Crippen molar-refractivity contribution >= 4 is 17.4 Å². The molecule has 142 valence electrons. The molecule has 0 bridgehead atoms. The molecular formula is C21H27N5O. The van der Waals surface area contributed by atoms with Crippen LogP contribution in [0.2, 0.25) is 0 Å². The zero-order valence-corrected chi connectivity index (χ0v) is 15.4. The number of amidine groups is 1. The highest BCUT2D eigenvalue weighted by Gasteiger charge is 2.31. The first-order valence-corrected chi connectivity index (χ1v) is 9.33. The molecule has 1 heterocycles. The van der Waals surface area contributed by atoms with E-state index in [0.29, 0.717) is 18.5 Å². The van der Waals surface area contributed by atoms with Crippen LogP contribution in [0.1, 0.15) is 24.0 Å². The zero-order valence-electron chi connectivity index (χ0n) is 15.4. The number of anilines is 1. The van der Waals surface area contributed by atoms with Crippen molar-refractivity contribution in [2.45, 2.75) is 31.3 Å². The Hall–Kier alpha value is -2.86. The second-order valence-electron chi connectivity index (χ2n) is 7.00. The van der Waals surface area contributed by atoms with Crippen LogP contribution in [0.15, 0.2) is 54.6 Å². The van der Waals surface area contributed by atoms with Crippen molar-refractivity contribution in [3.8, 4) is 0 Å².